The fourth-order valence-corrected chi connectivity index (χ4v) is 1.86. The highest BCUT2D eigenvalue weighted by molar-refractivity contribution is 7.31. The average molecular weight is 199 g/mol. The van der Waals surface area contributed by atoms with Gasteiger partial charge in [0.25, 0.3) is 0 Å². The molecule has 0 aliphatic rings. The van der Waals surface area contributed by atoms with E-state index in [4.69, 9.17) is 4.52 Å². The van der Waals surface area contributed by atoms with Crippen molar-refractivity contribution in [3.8, 4) is 0 Å². The van der Waals surface area contributed by atoms with Gasteiger partial charge in [-0.2, -0.15) is 0 Å². The first-order chi connectivity index (χ1) is 5.71. The van der Waals surface area contributed by atoms with Gasteiger partial charge in [-0.25, -0.2) is 0 Å². The number of hydrogen-bond donors (Lipinski definition) is 0. The van der Waals surface area contributed by atoms with Crippen molar-refractivity contribution < 1.29 is 4.52 Å². The van der Waals surface area contributed by atoms with Gasteiger partial charge in [0.1, 0.15) is 5.43 Å². The molecule has 0 atom stereocenters. The molecule has 1 aromatic rings. The number of hydrogen-bond acceptors (Lipinski definition) is 2. The second-order valence-corrected chi connectivity index (χ2v) is 6.48. The van der Waals surface area contributed by atoms with Gasteiger partial charge in [0, 0.05) is 10.8 Å². The molecule has 0 amide bonds. The predicted octanol–water partition coefficient (Wildman–Crippen LogP) is 3.85. The van der Waals surface area contributed by atoms with Gasteiger partial charge in [0.2, 0.25) is 0 Å². The Kier molecular flexibility index (Phi) is 2.55. The summed E-state index contributed by atoms with van der Waals surface area (Å²) >= 11 is 0. The molecule has 13 heavy (non-hydrogen) atoms. The normalized spacial score (nSPS) is 14.0. The topological polar surface area (TPSA) is 26.0 Å². The summed E-state index contributed by atoms with van der Waals surface area (Å²) in [5.41, 5.74) is 2.39. The Balaban J connectivity index is 3.01. The van der Waals surface area contributed by atoms with E-state index < -0.39 is 0 Å². The molecule has 0 saturated carbocycles. The van der Waals surface area contributed by atoms with Crippen molar-refractivity contribution >= 4 is 8.19 Å². The lowest BCUT2D eigenvalue weighted by atomic mass is 9.98. The largest absolute Gasteiger partial charge is 0.355 e. The van der Waals surface area contributed by atoms with Gasteiger partial charge in [-0.05, 0) is 8.19 Å². The highest BCUT2D eigenvalue weighted by Gasteiger charge is 2.25. The second kappa shape index (κ2) is 3.09. The fourth-order valence-electron chi connectivity index (χ4n) is 0.833. The van der Waals surface area contributed by atoms with Gasteiger partial charge in [-0.1, -0.05) is 46.7 Å². The molecule has 0 aliphatic carbocycles. The van der Waals surface area contributed by atoms with Crippen LogP contribution in [-0.2, 0) is 10.8 Å². The second-order valence-electron chi connectivity index (χ2n) is 5.42. The Morgan fingerprint density at radius 1 is 1.00 bits per heavy atom. The molecule has 74 valence electrons. The molecular formula is C10H18NOP. The maximum atomic E-state index is 5.35. The van der Waals surface area contributed by atoms with Crippen molar-refractivity contribution in [3.05, 3.63) is 10.9 Å². The molecule has 2 nitrogen and oxygen atoms in total. The maximum Gasteiger partial charge on any atom is 0.168 e. The third-order valence-electron chi connectivity index (χ3n) is 1.74. The van der Waals surface area contributed by atoms with E-state index in [1.54, 1.807) is 0 Å². The van der Waals surface area contributed by atoms with E-state index in [9.17, 15) is 0 Å². The van der Waals surface area contributed by atoms with E-state index >= 15 is 0 Å². The van der Waals surface area contributed by atoms with Gasteiger partial charge in [-0.3, -0.25) is 0 Å². The minimum Gasteiger partial charge on any atom is -0.355 e. The van der Waals surface area contributed by atoms with Crippen LogP contribution >= 0.6 is 8.19 Å². The van der Waals surface area contributed by atoms with Gasteiger partial charge in [-0.15, -0.1) is 0 Å². The Labute approximate surface area is 81.8 Å². The highest BCUT2D eigenvalue weighted by Crippen LogP contribution is 2.36. The van der Waals surface area contributed by atoms with Crippen LogP contribution in [0.15, 0.2) is 4.52 Å². The summed E-state index contributed by atoms with van der Waals surface area (Å²) in [4.78, 5) is 0. The molecule has 0 aliphatic heterocycles. The Morgan fingerprint density at radius 2 is 1.54 bits per heavy atom. The Hall–Kier alpha value is -0.360. The lowest BCUT2D eigenvalue weighted by Crippen LogP contribution is -2.09. The Bertz CT molecular complexity index is 262. The molecule has 3 heteroatoms. The minimum absolute atomic E-state index is 0.0953. The maximum absolute atomic E-state index is 5.35. The summed E-state index contributed by atoms with van der Waals surface area (Å²) in [6.07, 6.45) is 0. The molecule has 0 N–H and O–H groups in total. The van der Waals surface area contributed by atoms with Gasteiger partial charge >= 0.3 is 0 Å². The summed E-state index contributed by atoms with van der Waals surface area (Å²) in [7, 11) is 1.15. The molecule has 0 saturated heterocycles. The number of aromatic nitrogens is 1. The van der Waals surface area contributed by atoms with Crippen LogP contribution in [-0.4, -0.2) is 5.16 Å². The van der Waals surface area contributed by atoms with Crippen LogP contribution in [0.4, 0.5) is 0 Å². The third kappa shape index (κ3) is 2.54. The quantitative estimate of drug-likeness (QED) is 0.634. The number of rotatable bonds is 0. The van der Waals surface area contributed by atoms with Crippen LogP contribution in [0.25, 0.3) is 0 Å². The predicted molar refractivity (Wildman–Crippen MR) is 56.4 cm³/mol. The van der Waals surface area contributed by atoms with Crippen LogP contribution < -0.4 is 0 Å². The first kappa shape index (κ1) is 10.7. The monoisotopic (exact) mass is 199 g/mol. The molecule has 0 bridgehead atoms. The molecule has 0 spiro atoms. The van der Waals surface area contributed by atoms with E-state index in [2.05, 4.69) is 46.7 Å². The van der Waals surface area contributed by atoms with Crippen LogP contribution in [0.2, 0.25) is 0 Å². The third-order valence-corrected chi connectivity index (χ3v) is 3.66. The standard InChI is InChI=1S/C10H18NOP/c1-9(2,3)7-11-12-8(13-7)10(4,5)6/h1-6H3. The van der Waals surface area contributed by atoms with Crippen molar-refractivity contribution in [2.24, 2.45) is 0 Å². The molecule has 1 aromatic heterocycles. The van der Waals surface area contributed by atoms with Crippen molar-refractivity contribution in [2.75, 3.05) is 0 Å². The molecule has 0 radical (unpaired) electrons. The molecule has 0 aromatic carbocycles. The van der Waals surface area contributed by atoms with Crippen molar-refractivity contribution in [3.63, 3.8) is 0 Å². The zero-order valence-corrected chi connectivity index (χ0v) is 10.2. The Morgan fingerprint density at radius 3 is 1.77 bits per heavy atom. The summed E-state index contributed by atoms with van der Waals surface area (Å²) in [5.74, 6) is 0. The molecule has 0 fully saturated rings. The van der Waals surface area contributed by atoms with Gasteiger partial charge in [0.05, 0.1) is 0 Å². The van der Waals surface area contributed by atoms with Gasteiger partial charge < -0.3 is 4.52 Å². The van der Waals surface area contributed by atoms with Crippen LogP contribution in [0.3, 0.4) is 0 Å². The van der Waals surface area contributed by atoms with E-state index in [-0.39, 0.29) is 10.8 Å². The summed E-state index contributed by atoms with van der Waals surface area (Å²) in [6, 6.07) is 0. The number of nitrogens with zero attached hydrogens (tertiary/aromatic N) is 1. The molecule has 1 rings (SSSR count). The summed E-state index contributed by atoms with van der Waals surface area (Å²) < 4.78 is 5.35. The highest BCUT2D eigenvalue weighted by atomic mass is 31.0. The van der Waals surface area contributed by atoms with Gasteiger partial charge in [0.15, 0.2) is 5.49 Å². The van der Waals surface area contributed by atoms with E-state index in [0.717, 1.165) is 19.1 Å². The summed E-state index contributed by atoms with van der Waals surface area (Å²) in [6.45, 7) is 12.9. The first-order valence-electron chi connectivity index (χ1n) is 4.56. The van der Waals surface area contributed by atoms with Crippen molar-refractivity contribution in [1.29, 1.82) is 0 Å². The lowest BCUT2D eigenvalue weighted by molar-refractivity contribution is 0.323. The first-order valence-corrected chi connectivity index (χ1v) is 5.45. The zero-order valence-electron chi connectivity index (χ0n) is 9.30. The van der Waals surface area contributed by atoms with Crippen molar-refractivity contribution in [1.82, 2.24) is 5.16 Å². The average Bonchev–Trinajstić information content (AvgIpc) is 2.28. The SMILES string of the molecule is CC(C)(C)c1noc(C(C)(C)C)p1. The molecule has 1 heterocycles. The smallest absolute Gasteiger partial charge is 0.168 e. The van der Waals surface area contributed by atoms with E-state index in [0.29, 0.717) is 0 Å². The van der Waals surface area contributed by atoms with Crippen LogP contribution in [0, 0.1) is 0 Å². The van der Waals surface area contributed by atoms with Crippen LogP contribution in [0.5, 0.6) is 0 Å². The lowest BCUT2D eigenvalue weighted by Gasteiger charge is -2.13. The molecular weight excluding hydrogens is 181 g/mol. The van der Waals surface area contributed by atoms with Crippen LogP contribution in [0.1, 0.15) is 52.5 Å². The summed E-state index contributed by atoms with van der Waals surface area (Å²) in [5, 5.41) is 4.12. The fraction of sp³-hybridized carbons (Fsp3) is 0.800. The minimum atomic E-state index is 0.0953. The van der Waals surface area contributed by atoms with Crippen molar-refractivity contribution in [2.45, 2.75) is 52.4 Å². The zero-order chi connectivity index (χ0) is 10.3. The molecule has 0 unspecified atom stereocenters. The van der Waals surface area contributed by atoms with E-state index in [1.165, 1.54) is 0 Å². The van der Waals surface area contributed by atoms with E-state index in [1.807, 2.05) is 0 Å².